The Kier molecular flexibility index (Phi) is 8.76. The lowest BCUT2D eigenvalue weighted by Gasteiger charge is -2.36. The fraction of sp³-hybridized carbons (Fsp3) is 0.667. The number of hydrogen-bond donors (Lipinski definition) is 1. The van der Waals surface area contributed by atoms with Crippen molar-refractivity contribution in [2.45, 2.75) is 78.4 Å². The van der Waals surface area contributed by atoms with Gasteiger partial charge in [-0.2, -0.15) is 0 Å². The third-order valence-electron chi connectivity index (χ3n) is 7.66. The zero-order chi connectivity index (χ0) is 26.1. The highest BCUT2D eigenvalue weighted by Crippen LogP contribution is 2.65. The fourth-order valence-electron chi connectivity index (χ4n) is 5.86. The van der Waals surface area contributed by atoms with Gasteiger partial charge in [-0.05, 0) is 106 Å². The van der Waals surface area contributed by atoms with Gasteiger partial charge in [-0.15, -0.1) is 0 Å². The average molecular weight is 534 g/mol. The van der Waals surface area contributed by atoms with Gasteiger partial charge in [0.1, 0.15) is 5.75 Å². The van der Waals surface area contributed by atoms with E-state index < -0.39 is 25.9 Å². The molecule has 35 heavy (non-hydrogen) atoms. The van der Waals surface area contributed by atoms with E-state index in [0.29, 0.717) is 11.7 Å². The van der Waals surface area contributed by atoms with Crippen LogP contribution in [0.4, 0.5) is 0 Å². The van der Waals surface area contributed by atoms with Crippen LogP contribution in [0.1, 0.15) is 38.7 Å². The molecule has 2 saturated carbocycles. The first kappa shape index (κ1) is 28.5. The molecule has 0 saturated heterocycles. The normalized spacial score (nSPS) is 25.1. The lowest BCUT2D eigenvalue weighted by Crippen LogP contribution is -2.45. The fourth-order valence-corrected chi connectivity index (χ4v) is 14.3. The molecule has 2 aliphatic rings. The molecule has 0 spiro atoms. The van der Waals surface area contributed by atoms with Crippen LogP contribution in [0.15, 0.2) is 29.8 Å². The summed E-state index contributed by atoms with van der Waals surface area (Å²) in [6.45, 7) is 19.7. The van der Waals surface area contributed by atoms with E-state index in [-0.39, 0.29) is 10.8 Å². The van der Waals surface area contributed by atoms with Crippen LogP contribution in [0, 0.1) is 16.7 Å². The maximum absolute atomic E-state index is 13.8. The number of hydrogen-bond acceptors (Lipinski definition) is 5. The lowest BCUT2D eigenvalue weighted by molar-refractivity contribution is -0.126. The monoisotopic (exact) mass is 533 g/mol. The maximum Gasteiger partial charge on any atom is 0.300 e. The van der Waals surface area contributed by atoms with Crippen molar-refractivity contribution >= 4 is 37.8 Å². The van der Waals surface area contributed by atoms with Crippen LogP contribution in [-0.4, -0.2) is 51.9 Å². The Morgan fingerprint density at radius 3 is 2.20 bits per heavy atom. The van der Waals surface area contributed by atoms with Crippen molar-refractivity contribution in [1.82, 2.24) is 5.32 Å². The summed E-state index contributed by atoms with van der Waals surface area (Å²) >= 11 is 0. The summed E-state index contributed by atoms with van der Waals surface area (Å²) in [5.41, 5.74) is 1.74. The van der Waals surface area contributed by atoms with Crippen molar-refractivity contribution in [1.29, 1.82) is 0 Å². The summed E-state index contributed by atoms with van der Waals surface area (Å²) in [5.74, 6) is 1.51. The number of Topliss-reactive ketones (excluding diaryl/α,β-unsaturated/α-hetero) is 1. The molecule has 2 unspecified atom stereocenters. The van der Waals surface area contributed by atoms with Gasteiger partial charge in [0.15, 0.2) is 22.4 Å². The van der Waals surface area contributed by atoms with E-state index in [1.54, 1.807) is 7.11 Å². The van der Waals surface area contributed by atoms with Gasteiger partial charge >= 0.3 is 9.28 Å². The smallest absolute Gasteiger partial charge is 0.300 e. The predicted octanol–water partition coefficient (Wildman–Crippen LogP) is 5.99. The summed E-state index contributed by atoms with van der Waals surface area (Å²) in [6, 6.07) is 9.02. The number of ketones is 1. The van der Waals surface area contributed by atoms with Gasteiger partial charge < -0.3 is 18.3 Å². The molecular formula is C27H47NO4Si3. The molecule has 0 radical (unpaired) electrons. The van der Waals surface area contributed by atoms with Crippen LogP contribution < -0.4 is 10.1 Å². The molecule has 0 amide bonds. The van der Waals surface area contributed by atoms with Gasteiger partial charge in [0.2, 0.25) is 0 Å². The maximum atomic E-state index is 13.8. The number of methoxy groups -OCH3 is 1. The van der Waals surface area contributed by atoms with Crippen molar-refractivity contribution in [2.24, 2.45) is 16.7 Å². The van der Waals surface area contributed by atoms with Crippen molar-refractivity contribution in [3.05, 3.63) is 35.4 Å². The summed E-state index contributed by atoms with van der Waals surface area (Å²) in [6.07, 6.45) is 5.22. The zero-order valence-corrected chi connectivity index (χ0v) is 26.6. The minimum Gasteiger partial charge on any atom is -0.497 e. The Labute approximate surface area is 217 Å². The average Bonchev–Trinajstić information content (AvgIpc) is 3.07. The van der Waals surface area contributed by atoms with Gasteiger partial charge in [0.25, 0.3) is 0 Å². The minimum atomic E-state index is -1.67. The molecule has 5 nitrogen and oxygen atoms in total. The van der Waals surface area contributed by atoms with Crippen molar-refractivity contribution in [2.75, 3.05) is 20.2 Å². The number of carbonyl (C=O) groups excluding carboxylic acids is 1. The highest BCUT2D eigenvalue weighted by atomic mass is 28.4. The quantitative estimate of drug-likeness (QED) is 0.203. The van der Waals surface area contributed by atoms with Gasteiger partial charge in [-0.25, -0.2) is 0 Å². The molecule has 0 heterocycles. The van der Waals surface area contributed by atoms with Gasteiger partial charge in [-0.1, -0.05) is 26.0 Å². The van der Waals surface area contributed by atoms with Crippen LogP contribution in [0.2, 0.25) is 45.3 Å². The number of ether oxygens (including phenoxy) is 1. The molecule has 2 atom stereocenters. The molecule has 1 aromatic rings. The largest absolute Gasteiger partial charge is 0.497 e. The van der Waals surface area contributed by atoms with Crippen molar-refractivity contribution in [3.8, 4) is 5.75 Å². The molecule has 3 rings (SSSR count). The molecule has 2 bridgehead atoms. The van der Waals surface area contributed by atoms with E-state index in [1.165, 1.54) is 0 Å². The molecule has 8 heteroatoms. The first-order valence-electron chi connectivity index (χ1n) is 13.2. The molecule has 1 aromatic carbocycles. The van der Waals surface area contributed by atoms with Crippen LogP contribution in [0.3, 0.4) is 0 Å². The van der Waals surface area contributed by atoms with Crippen molar-refractivity contribution < 1.29 is 17.8 Å². The van der Waals surface area contributed by atoms with E-state index in [0.717, 1.165) is 55.3 Å². The van der Waals surface area contributed by atoms with Crippen LogP contribution >= 0.6 is 0 Å². The number of benzene rings is 1. The molecular weight excluding hydrogens is 487 g/mol. The third-order valence-corrected chi connectivity index (χ3v) is 16.3. The Bertz CT molecular complexity index is 902. The number of fused-ring (bicyclic) bond motifs is 2. The second kappa shape index (κ2) is 10.8. The first-order valence-corrected chi connectivity index (χ1v) is 21.7. The Morgan fingerprint density at radius 1 is 1.06 bits per heavy atom. The summed E-state index contributed by atoms with van der Waals surface area (Å²) in [4.78, 5) is 13.8. The summed E-state index contributed by atoms with van der Waals surface area (Å²) in [5, 5.41) is 3.68. The van der Waals surface area contributed by atoms with Crippen LogP contribution in [0.5, 0.6) is 5.75 Å². The van der Waals surface area contributed by atoms with Gasteiger partial charge in [0, 0.05) is 12.1 Å². The Hall–Kier alpha value is -1.04. The molecule has 196 valence electrons. The SMILES string of the molecule is COc1ccc(/C=C2/C(=O)C3(CNCCC[SiH](O[Si](C)(C)C)O[Si](C)(C)C)CCC2C3(C)C)cc1. The number of allylic oxidation sites excluding steroid dienone is 1. The molecule has 2 fully saturated rings. The molecule has 2 aliphatic carbocycles. The van der Waals surface area contributed by atoms with Gasteiger partial charge in [0.05, 0.1) is 12.5 Å². The van der Waals surface area contributed by atoms with E-state index in [4.69, 9.17) is 13.0 Å². The highest BCUT2D eigenvalue weighted by Gasteiger charge is 2.66. The van der Waals surface area contributed by atoms with Crippen molar-refractivity contribution in [3.63, 3.8) is 0 Å². The zero-order valence-electron chi connectivity index (χ0n) is 23.4. The Morgan fingerprint density at radius 2 is 1.66 bits per heavy atom. The Balaban J connectivity index is 1.62. The van der Waals surface area contributed by atoms with E-state index in [2.05, 4.69) is 64.5 Å². The number of nitrogens with one attached hydrogen (secondary N) is 1. The highest BCUT2D eigenvalue weighted by molar-refractivity contribution is 6.81. The molecule has 0 aliphatic heterocycles. The van der Waals surface area contributed by atoms with Crippen LogP contribution in [-0.2, 0) is 13.0 Å². The van der Waals surface area contributed by atoms with E-state index in [9.17, 15) is 4.79 Å². The second-order valence-electron chi connectivity index (χ2n) is 12.8. The first-order chi connectivity index (χ1) is 16.2. The standard InChI is InChI=1S/C27H47NO4Si3/c1-26(2)24-15-16-27(26,25(29)23(24)19-21-11-13-22(30-3)14-12-21)20-28-17-10-18-33(31-34(4,5)6)32-35(7,8)9/h11-14,19,24,28,33H,10,15-18,20H2,1-9H3/b23-19+. The van der Waals surface area contributed by atoms with E-state index >= 15 is 0 Å². The molecule has 0 aromatic heterocycles. The van der Waals surface area contributed by atoms with E-state index in [1.807, 2.05) is 24.3 Å². The third kappa shape index (κ3) is 6.64. The predicted molar refractivity (Wildman–Crippen MR) is 153 cm³/mol. The number of rotatable bonds is 12. The second-order valence-corrected chi connectivity index (χ2v) is 24.6. The molecule has 1 N–H and O–H groups in total. The minimum absolute atomic E-state index is 0.0332. The lowest BCUT2D eigenvalue weighted by atomic mass is 9.69. The summed E-state index contributed by atoms with van der Waals surface area (Å²) in [7, 11) is -3.22. The number of carbonyl (C=O) groups is 1. The summed E-state index contributed by atoms with van der Waals surface area (Å²) < 4.78 is 18.2. The van der Waals surface area contributed by atoms with Gasteiger partial charge in [-0.3, -0.25) is 4.79 Å². The topological polar surface area (TPSA) is 56.8 Å². The van der Waals surface area contributed by atoms with Crippen LogP contribution in [0.25, 0.3) is 6.08 Å².